The van der Waals surface area contributed by atoms with Crippen molar-refractivity contribution >= 4 is 24.2 Å². The van der Waals surface area contributed by atoms with Gasteiger partial charge in [0.05, 0.1) is 13.2 Å². The van der Waals surface area contributed by atoms with Crippen molar-refractivity contribution in [2.45, 2.75) is 18.7 Å². The molecular weight excluding hydrogens is 439 g/mol. The number of nitrogens with zero attached hydrogens (tertiary/aromatic N) is 4. The molecule has 0 aliphatic carbocycles. The monoisotopic (exact) mass is 464 g/mol. The van der Waals surface area contributed by atoms with Crippen LogP contribution in [0, 0.1) is 12.7 Å². The quantitative estimate of drug-likeness (QED) is 0.467. The van der Waals surface area contributed by atoms with E-state index in [-0.39, 0.29) is 24.8 Å². The lowest BCUT2D eigenvalue weighted by Crippen LogP contribution is -2.37. The van der Waals surface area contributed by atoms with Gasteiger partial charge in [-0.05, 0) is 43.3 Å². The Balaban J connectivity index is 0.00000272. The van der Waals surface area contributed by atoms with Crippen molar-refractivity contribution in [3.8, 4) is 11.4 Å². The Hall–Kier alpha value is -2.13. The summed E-state index contributed by atoms with van der Waals surface area (Å²) in [5, 5.41) is 9.51. The summed E-state index contributed by atoms with van der Waals surface area (Å²) >= 11 is 1.64. The van der Waals surface area contributed by atoms with Crippen LogP contribution >= 0.6 is 24.2 Å². The van der Waals surface area contributed by atoms with Gasteiger partial charge in [0.2, 0.25) is 0 Å². The SMILES string of the molecule is Cc1ccc(OCc2nnc(SCCN3CCOCC3)n2-c2ccc(F)cc2)cc1.Cl. The molecule has 1 aromatic heterocycles. The summed E-state index contributed by atoms with van der Waals surface area (Å²) in [7, 11) is 0. The van der Waals surface area contributed by atoms with Crippen LogP contribution in [0.2, 0.25) is 0 Å². The van der Waals surface area contributed by atoms with Gasteiger partial charge in [-0.25, -0.2) is 4.39 Å². The van der Waals surface area contributed by atoms with Crippen LogP contribution in [-0.4, -0.2) is 58.3 Å². The Morgan fingerprint density at radius 2 is 1.74 bits per heavy atom. The molecule has 1 aliphatic rings. The van der Waals surface area contributed by atoms with Crippen molar-refractivity contribution in [3.05, 3.63) is 65.7 Å². The molecule has 2 aromatic carbocycles. The van der Waals surface area contributed by atoms with Gasteiger partial charge in [0, 0.05) is 31.1 Å². The van der Waals surface area contributed by atoms with Gasteiger partial charge >= 0.3 is 0 Å². The van der Waals surface area contributed by atoms with E-state index in [4.69, 9.17) is 9.47 Å². The van der Waals surface area contributed by atoms with E-state index in [0.29, 0.717) is 5.82 Å². The average molecular weight is 465 g/mol. The fourth-order valence-corrected chi connectivity index (χ4v) is 4.18. The third kappa shape index (κ3) is 6.43. The predicted molar refractivity (Wildman–Crippen MR) is 122 cm³/mol. The maximum Gasteiger partial charge on any atom is 0.195 e. The number of hydrogen-bond donors (Lipinski definition) is 0. The second-order valence-electron chi connectivity index (χ2n) is 7.11. The third-order valence-corrected chi connectivity index (χ3v) is 5.83. The number of halogens is 2. The number of morpholine rings is 1. The summed E-state index contributed by atoms with van der Waals surface area (Å²) < 4.78 is 26.7. The van der Waals surface area contributed by atoms with Crippen LogP contribution in [-0.2, 0) is 11.3 Å². The molecule has 1 saturated heterocycles. The molecule has 31 heavy (non-hydrogen) atoms. The highest BCUT2D eigenvalue weighted by atomic mass is 35.5. The second kappa shape index (κ2) is 11.5. The van der Waals surface area contributed by atoms with Crippen LogP contribution < -0.4 is 4.74 Å². The Morgan fingerprint density at radius 3 is 2.45 bits per heavy atom. The van der Waals surface area contributed by atoms with Crippen LogP contribution in [0.3, 0.4) is 0 Å². The van der Waals surface area contributed by atoms with Crippen molar-refractivity contribution in [2.24, 2.45) is 0 Å². The molecule has 1 aliphatic heterocycles. The Labute approximate surface area is 192 Å². The number of benzene rings is 2. The maximum absolute atomic E-state index is 13.5. The molecule has 0 unspecified atom stereocenters. The smallest absolute Gasteiger partial charge is 0.195 e. The molecule has 0 spiro atoms. The number of hydrogen-bond acceptors (Lipinski definition) is 6. The summed E-state index contributed by atoms with van der Waals surface area (Å²) in [5.41, 5.74) is 1.99. The minimum absolute atomic E-state index is 0. The lowest BCUT2D eigenvalue weighted by Gasteiger charge is -2.26. The minimum atomic E-state index is -0.272. The maximum atomic E-state index is 13.5. The van der Waals surface area contributed by atoms with Crippen LogP contribution in [0.4, 0.5) is 4.39 Å². The van der Waals surface area contributed by atoms with E-state index in [1.165, 1.54) is 17.7 Å². The first kappa shape index (κ1) is 23.5. The summed E-state index contributed by atoms with van der Waals surface area (Å²) in [4.78, 5) is 2.39. The zero-order valence-corrected chi connectivity index (χ0v) is 19.0. The third-order valence-electron chi connectivity index (χ3n) is 4.92. The predicted octanol–water partition coefficient (Wildman–Crippen LogP) is 4.14. The van der Waals surface area contributed by atoms with E-state index in [2.05, 4.69) is 15.1 Å². The lowest BCUT2D eigenvalue weighted by molar-refractivity contribution is 0.0410. The number of aromatic nitrogens is 3. The lowest BCUT2D eigenvalue weighted by atomic mass is 10.2. The normalized spacial score (nSPS) is 14.3. The Kier molecular flexibility index (Phi) is 8.71. The zero-order chi connectivity index (χ0) is 20.8. The van der Waals surface area contributed by atoms with Crippen molar-refractivity contribution in [2.75, 3.05) is 38.6 Å². The number of rotatable bonds is 8. The topological polar surface area (TPSA) is 52.4 Å². The van der Waals surface area contributed by atoms with Crippen molar-refractivity contribution < 1.29 is 13.9 Å². The van der Waals surface area contributed by atoms with E-state index >= 15 is 0 Å². The highest BCUT2D eigenvalue weighted by Gasteiger charge is 2.16. The number of aryl methyl sites for hydroxylation is 1. The first-order valence-corrected chi connectivity index (χ1v) is 11.0. The van der Waals surface area contributed by atoms with Gasteiger partial charge in [0.15, 0.2) is 11.0 Å². The summed E-state index contributed by atoms with van der Waals surface area (Å²) in [5.74, 6) is 2.07. The molecule has 1 fully saturated rings. The van der Waals surface area contributed by atoms with Crippen LogP contribution in [0.1, 0.15) is 11.4 Å². The average Bonchev–Trinajstić information content (AvgIpc) is 3.17. The molecule has 3 aromatic rings. The Morgan fingerprint density at radius 1 is 1.03 bits per heavy atom. The number of ether oxygens (including phenoxy) is 2. The van der Waals surface area contributed by atoms with E-state index in [0.717, 1.165) is 55.2 Å². The van der Waals surface area contributed by atoms with E-state index in [9.17, 15) is 4.39 Å². The first-order valence-electron chi connectivity index (χ1n) is 10.0. The molecule has 2 heterocycles. The first-order chi connectivity index (χ1) is 14.7. The largest absolute Gasteiger partial charge is 0.486 e. The second-order valence-corrected chi connectivity index (χ2v) is 8.18. The van der Waals surface area contributed by atoms with Gasteiger partial charge in [0.1, 0.15) is 18.2 Å². The zero-order valence-electron chi connectivity index (χ0n) is 17.4. The van der Waals surface area contributed by atoms with Gasteiger partial charge in [-0.3, -0.25) is 9.47 Å². The molecule has 6 nitrogen and oxygen atoms in total. The molecule has 0 atom stereocenters. The molecular formula is C22H26ClFN4O2S. The van der Waals surface area contributed by atoms with E-state index in [1.54, 1.807) is 23.9 Å². The van der Waals surface area contributed by atoms with Crippen LogP contribution in [0.5, 0.6) is 5.75 Å². The fraction of sp³-hybridized carbons (Fsp3) is 0.364. The fourth-order valence-electron chi connectivity index (χ4n) is 3.21. The molecule has 0 bridgehead atoms. The Bertz CT molecular complexity index is 947. The minimum Gasteiger partial charge on any atom is -0.486 e. The molecule has 4 rings (SSSR count). The molecule has 0 radical (unpaired) electrons. The standard InChI is InChI=1S/C22H25FN4O2S.ClH/c1-17-2-8-20(9-3-17)29-16-21-24-25-22(27(21)19-6-4-18(23)5-7-19)30-15-12-26-10-13-28-14-11-26;/h2-9H,10-16H2,1H3;1H. The van der Waals surface area contributed by atoms with Crippen molar-refractivity contribution in [1.29, 1.82) is 0 Å². The van der Waals surface area contributed by atoms with E-state index in [1.807, 2.05) is 35.8 Å². The highest BCUT2D eigenvalue weighted by Crippen LogP contribution is 2.24. The molecule has 0 amide bonds. The number of thioether (sulfide) groups is 1. The summed E-state index contributed by atoms with van der Waals surface area (Å²) in [6.07, 6.45) is 0. The van der Waals surface area contributed by atoms with Crippen molar-refractivity contribution in [1.82, 2.24) is 19.7 Å². The van der Waals surface area contributed by atoms with Gasteiger partial charge in [-0.1, -0.05) is 29.5 Å². The summed E-state index contributed by atoms with van der Waals surface area (Å²) in [6, 6.07) is 14.3. The van der Waals surface area contributed by atoms with Crippen molar-refractivity contribution in [3.63, 3.8) is 0 Å². The van der Waals surface area contributed by atoms with Crippen LogP contribution in [0.25, 0.3) is 5.69 Å². The van der Waals surface area contributed by atoms with E-state index < -0.39 is 0 Å². The highest BCUT2D eigenvalue weighted by molar-refractivity contribution is 7.99. The van der Waals surface area contributed by atoms with Gasteiger partial charge in [0.25, 0.3) is 0 Å². The molecule has 0 saturated carbocycles. The van der Waals surface area contributed by atoms with Gasteiger partial charge in [-0.2, -0.15) is 0 Å². The van der Waals surface area contributed by atoms with Crippen LogP contribution in [0.15, 0.2) is 53.7 Å². The molecule has 9 heteroatoms. The molecule has 0 N–H and O–H groups in total. The van der Waals surface area contributed by atoms with Gasteiger partial charge < -0.3 is 9.47 Å². The summed E-state index contributed by atoms with van der Waals surface area (Å²) in [6.45, 7) is 6.77. The molecule has 166 valence electrons. The van der Waals surface area contributed by atoms with Gasteiger partial charge in [-0.15, -0.1) is 22.6 Å².